The first-order valence-electron chi connectivity index (χ1n) is 5.43. The molecule has 0 saturated heterocycles. The minimum atomic E-state index is -0.0333. The van der Waals surface area contributed by atoms with E-state index >= 15 is 0 Å². The van der Waals surface area contributed by atoms with E-state index in [1.807, 2.05) is 37.1 Å². The van der Waals surface area contributed by atoms with Crippen LogP contribution in [0.1, 0.15) is 11.1 Å². The molecule has 1 N–H and O–H groups in total. The van der Waals surface area contributed by atoms with Crippen molar-refractivity contribution >= 4 is 11.6 Å². The van der Waals surface area contributed by atoms with Gasteiger partial charge in [0.1, 0.15) is 0 Å². The van der Waals surface area contributed by atoms with E-state index in [0.717, 1.165) is 5.69 Å². The van der Waals surface area contributed by atoms with Crippen molar-refractivity contribution in [1.82, 2.24) is 9.97 Å². The van der Waals surface area contributed by atoms with E-state index < -0.39 is 0 Å². The van der Waals surface area contributed by atoms with Crippen molar-refractivity contribution in [3.8, 4) is 0 Å². The van der Waals surface area contributed by atoms with Crippen LogP contribution in [0.15, 0.2) is 36.7 Å². The predicted molar refractivity (Wildman–Crippen MR) is 67.2 cm³/mol. The molecule has 1 aromatic carbocycles. The highest BCUT2D eigenvalue weighted by atomic mass is 16.3. The van der Waals surface area contributed by atoms with Crippen molar-refractivity contribution in [2.75, 3.05) is 11.9 Å². The highest BCUT2D eigenvalue weighted by Gasteiger charge is 2.06. The molecule has 1 aromatic heterocycles. The van der Waals surface area contributed by atoms with Gasteiger partial charge in [0.15, 0.2) is 0 Å². The van der Waals surface area contributed by atoms with Crippen LogP contribution < -0.4 is 4.90 Å². The topological polar surface area (TPSA) is 49.2 Å². The molecule has 0 fully saturated rings. The van der Waals surface area contributed by atoms with Crippen molar-refractivity contribution in [3.63, 3.8) is 0 Å². The molecule has 0 aliphatic heterocycles. The average molecular weight is 229 g/mol. The minimum absolute atomic E-state index is 0.0333. The molecule has 0 saturated carbocycles. The molecule has 0 radical (unpaired) electrons. The lowest BCUT2D eigenvalue weighted by atomic mass is 10.2. The second-order valence-electron chi connectivity index (χ2n) is 3.95. The molecule has 0 bridgehead atoms. The molecule has 4 heteroatoms. The molecule has 0 aliphatic carbocycles. The number of nitrogens with zero attached hydrogens (tertiary/aromatic N) is 3. The smallest absolute Gasteiger partial charge is 0.229 e. The van der Waals surface area contributed by atoms with Crippen LogP contribution in [-0.2, 0) is 6.61 Å². The first kappa shape index (κ1) is 11.5. The molecule has 0 aliphatic rings. The zero-order chi connectivity index (χ0) is 12.3. The Morgan fingerprint density at radius 3 is 2.53 bits per heavy atom. The summed E-state index contributed by atoms with van der Waals surface area (Å²) in [6.45, 7) is 2.02. The Labute approximate surface area is 101 Å². The van der Waals surface area contributed by atoms with Gasteiger partial charge in [-0.05, 0) is 24.6 Å². The normalized spacial score (nSPS) is 10.3. The SMILES string of the molecule is Cc1cccc(N(C)c2ncc(CO)cn2)c1. The summed E-state index contributed by atoms with van der Waals surface area (Å²) in [5.74, 6) is 0.618. The molecule has 0 atom stereocenters. The molecule has 0 spiro atoms. The molecule has 1 heterocycles. The van der Waals surface area contributed by atoms with Gasteiger partial charge in [-0.1, -0.05) is 12.1 Å². The van der Waals surface area contributed by atoms with Gasteiger partial charge in [-0.15, -0.1) is 0 Å². The average Bonchev–Trinajstić information content (AvgIpc) is 2.38. The van der Waals surface area contributed by atoms with E-state index in [4.69, 9.17) is 5.11 Å². The van der Waals surface area contributed by atoms with E-state index in [0.29, 0.717) is 11.5 Å². The summed E-state index contributed by atoms with van der Waals surface area (Å²) in [4.78, 5) is 10.3. The van der Waals surface area contributed by atoms with Gasteiger partial charge >= 0.3 is 0 Å². The first-order valence-corrected chi connectivity index (χ1v) is 5.43. The second kappa shape index (κ2) is 4.93. The Balaban J connectivity index is 2.27. The van der Waals surface area contributed by atoms with E-state index in [9.17, 15) is 0 Å². The molecule has 4 nitrogen and oxygen atoms in total. The van der Waals surface area contributed by atoms with Crippen molar-refractivity contribution in [3.05, 3.63) is 47.8 Å². The van der Waals surface area contributed by atoms with E-state index in [2.05, 4.69) is 16.0 Å². The Hall–Kier alpha value is -1.94. The molecule has 2 rings (SSSR count). The molecule has 88 valence electrons. The third-order valence-electron chi connectivity index (χ3n) is 2.56. The fraction of sp³-hybridized carbons (Fsp3) is 0.231. The van der Waals surface area contributed by atoms with Crippen molar-refractivity contribution in [2.24, 2.45) is 0 Å². The molecular weight excluding hydrogens is 214 g/mol. The number of rotatable bonds is 3. The molecular formula is C13H15N3O. The summed E-state index contributed by atoms with van der Waals surface area (Å²) in [7, 11) is 1.92. The zero-order valence-corrected chi connectivity index (χ0v) is 9.96. The number of aliphatic hydroxyl groups excluding tert-OH is 1. The second-order valence-corrected chi connectivity index (χ2v) is 3.95. The Bertz CT molecular complexity index is 496. The lowest BCUT2D eigenvalue weighted by Crippen LogP contribution is -2.13. The van der Waals surface area contributed by atoms with Gasteiger partial charge in [-0.25, -0.2) is 9.97 Å². The van der Waals surface area contributed by atoms with Gasteiger partial charge < -0.3 is 10.0 Å². The van der Waals surface area contributed by atoms with Crippen LogP contribution in [0.3, 0.4) is 0 Å². The van der Waals surface area contributed by atoms with Crippen LogP contribution in [-0.4, -0.2) is 22.1 Å². The van der Waals surface area contributed by atoms with E-state index in [-0.39, 0.29) is 6.61 Å². The summed E-state index contributed by atoms with van der Waals surface area (Å²) in [5.41, 5.74) is 2.95. The van der Waals surface area contributed by atoms with Gasteiger partial charge in [-0.2, -0.15) is 0 Å². The first-order chi connectivity index (χ1) is 8.20. The van der Waals surface area contributed by atoms with Crippen LogP contribution in [0.25, 0.3) is 0 Å². The van der Waals surface area contributed by atoms with Crippen molar-refractivity contribution in [1.29, 1.82) is 0 Å². The fourth-order valence-electron chi connectivity index (χ4n) is 1.55. The number of hydrogen-bond donors (Lipinski definition) is 1. The fourth-order valence-corrected chi connectivity index (χ4v) is 1.55. The molecule has 2 aromatic rings. The van der Waals surface area contributed by atoms with Crippen LogP contribution in [0.4, 0.5) is 11.6 Å². The van der Waals surface area contributed by atoms with Gasteiger partial charge in [0, 0.05) is 30.7 Å². The number of aromatic nitrogens is 2. The van der Waals surface area contributed by atoms with Crippen LogP contribution in [0.5, 0.6) is 0 Å². The Morgan fingerprint density at radius 1 is 1.24 bits per heavy atom. The van der Waals surface area contributed by atoms with E-state index in [1.54, 1.807) is 12.4 Å². The number of anilines is 2. The molecule has 0 amide bonds. The summed E-state index contributed by atoms with van der Waals surface area (Å²) in [5, 5.41) is 8.93. The summed E-state index contributed by atoms with van der Waals surface area (Å²) in [6.07, 6.45) is 3.27. The summed E-state index contributed by atoms with van der Waals surface area (Å²) < 4.78 is 0. The number of hydrogen-bond acceptors (Lipinski definition) is 4. The van der Waals surface area contributed by atoms with Crippen molar-refractivity contribution in [2.45, 2.75) is 13.5 Å². The zero-order valence-electron chi connectivity index (χ0n) is 9.96. The Kier molecular flexibility index (Phi) is 3.35. The predicted octanol–water partition coefficient (Wildman–Crippen LogP) is 2.05. The quantitative estimate of drug-likeness (QED) is 0.875. The maximum atomic E-state index is 8.93. The minimum Gasteiger partial charge on any atom is -0.392 e. The van der Waals surface area contributed by atoms with Crippen LogP contribution in [0.2, 0.25) is 0 Å². The van der Waals surface area contributed by atoms with Gasteiger partial charge in [0.25, 0.3) is 0 Å². The third kappa shape index (κ3) is 2.60. The van der Waals surface area contributed by atoms with Crippen LogP contribution >= 0.6 is 0 Å². The lowest BCUT2D eigenvalue weighted by molar-refractivity contribution is 0.281. The lowest BCUT2D eigenvalue weighted by Gasteiger charge is -2.17. The van der Waals surface area contributed by atoms with Gasteiger partial charge in [0.2, 0.25) is 5.95 Å². The van der Waals surface area contributed by atoms with Gasteiger partial charge in [0.05, 0.1) is 6.61 Å². The standard InChI is InChI=1S/C13H15N3O/c1-10-4-3-5-12(6-10)16(2)13-14-7-11(9-17)8-15-13/h3-8,17H,9H2,1-2H3. The molecule has 0 unspecified atom stereocenters. The maximum absolute atomic E-state index is 8.93. The number of aryl methyl sites for hydroxylation is 1. The summed E-state index contributed by atoms with van der Waals surface area (Å²) >= 11 is 0. The third-order valence-corrected chi connectivity index (χ3v) is 2.56. The molecule has 17 heavy (non-hydrogen) atoms. The number of benzene rings is 1. The summed E-state index contributed by atoms with van der Waals surface area (Å²) in [6, 6.07) is 8.13. The highest BCUT2D eigenvalue weighted by Crippen LogP contribution is 2.20. The largest absolute Gasteiger partial charge is 0.392 e. The maximum Gasteiger partial charge on any atom is 0.229 e. The monoisotopic (exact) mass is 229 g/mol. The highest BCUT2D eigenvalue weighted by molar-refractivity contribution is 5.56. The Morgan fingerprint density at radius 2 is 1.94 bits per heavy atom. The van der Waals surface area contributed by atoms with E-state index in [1.165, 1.54) is 5.56 Å². The van der Waals surface area contributed by atoms with Gasteiger partial charge in [-0.3, -0.25) is 0 Å². The number of aliphatic hydroxyl groups is 1. The van der Waals surface area contributed by atoms with Crippen LogP contribution in [0, 0.1) is 6.92 Å². The van der Waals surface area contributed by atoms with Crippen molar-refractivity contribution < 1.29 is 5.11 Å².